The number of carbonyl (C=O) groups excluding carboxylic acids is 1. The van der Waals surface area contributed by atoms with Crippen LogP contribution in [0.3, 0.4) is 0 Å². The van der Waals surface area contributed by atoms with E-state index in [4.69, 9.17) is 0 Å². The van der Waals surface area contributed by atoms with Gasteiger partial charge in [-0.3, -0.25) is 9.59 Å². The van der Waals surface area contributed by atoms with Crippen molar-refractivity contribution in [3.05, 3.63) is 100.0 Å². The maximum Gasteiger partial charge on any atom is 0.416 e. The lowest BCUT2D eigenvalue weighted by molar-refractivity contribution is -0.137. The zero-order valence-corrected chi connectivity index (χ0v) is 14.0. The van der Waals surface area contributed by atoms with Crippen LogP contribution in [-0.2, 0) is 12.7 Å². The summed E-state index contributed by atoms with van der Waals surface area (Å²) in [5.41, 5.74) is 0.306. The molecule has 4 nitrogen and oxygen atoms in total. The van der Waals surface area contributed by atoms with Crippen LogP contribution in [-0.4, -0.2) is 10.5 Å². The van der Waals surface area contributed by atoms with E-state index in [1.54, 1.807) is 0 Å². The summed E-state index contributed by atoms with van der Waals surface area (Å²) in [6.07, 6.45) is -3.01. The monoisotopic (exact) mass is 372 g/mol. The first-order chi connectivity index (χ1) is 12.8. The van der Waals surface area contributed by atoms with E-state index >= 15 is 0 Å². The number of benzene rings is 2. The predicted octanol–water partition coefficient (Wildman–Crippen LogP) is 4.17. The Balaban J connectivity index is 1.77. The van der Waals surface area contributed by atoms with E-state index in [1.165, 1.54) is 35.0 Å². The molecule has 1 N–H and O–H groups in total. The third-order valence-corrected chi connectivity index (χ3v) is 3.91. The Morgan fingerprint density at radius 1 is 0.926 bits per heavy atom. The fourth-order valence-corrected chi connectivity index (χ4v) is 2.52. The number of anilines is 1. The van der Waals surface area contributed by atoms with E-state index in [0.29, 0.717) is 6.54 Å². The Morgan fingerprint density at radius 3 is 2.22 bits per heavy atom. The van der Waals surface area contributed by atoms with E-state index in [0.717, 1.165) is 17.7 Å². The summed E-state index contributed by atoms with van der Waals surface area (Å²) in [7, 11) is 0. The lowest BCUT2D eigenvalue weighted by atomic mass is 10.2. The number of hydrogen-bond acceptors (Lipinski definition) is 2. The number of nitrogens with one attached hydrogen (secondary N) is 1. The first kappa shape index (κ1) is 18.4. The van der Waals surface area contributed by atoms with Crippen LogP contribution >= 0.6 is 0 Å². The minimum Gasteiger partial charge on any atom is -0.322 e. The molecule has 0 fully saturated rings. The lowest BCUT2D eigenvalue weighted by Crippen LogP contribution is -2.22. The van der Waals surface area contributed by atoms with Gasteiger partial charge in [0.25, 0.3) is 11.5 Å². The van der Waals surface area contributed by atoms with Gasteiger partial charge in [-0.2, -0.15) is 13.2 Å². The highest BCUT2D eigenvalue weighted by molar-refractivity contribution is 6.04. The van der Waals surface area contributed by atoms with E-state index < -0.39 is 17.6 Å². The van der Waals surface area contributed by atoms with Gasteiger partial charge in [-0.25, -0.2) is 0 Å². The summed E-state index contributed by atoms with van der Waals surface area (Å²) in [4.78, 5) is 24.4. The molecule has 7 heteroatoms. The molecule has 0 atom stereocenters. The number of alkyl halides is 3. The van der Waals surface area contributed by atoms with Crippen LogP contribution in [0.5, 0.6) is 0 Å². The second kappa shape index (κ2) is 7.49. The van der Waals surface area contributed by atoms with Crippen LogP contribution < -0.4 is 10.9 Å². The molecule has 3 rings (SSSR count). The Hall–Kier alpha value is -3.35. The van der Waals surface area contributed by atoms with Gasteiger partial charge in [0, 0.05) is 18.0 Å². The molecule has 1 amide bonds. The molecule has 1 heterocycles. The summed E-state index contributed by atoms with van der Waals surface area (Å²) in [5.74, 6) is -0.517. The van der Waals surface area contributed by atoms with Gasteiger partial charge in [0.05, 0.1) is 17.7 Å². The topological polar surface area (TPSA) is 51.1 Å². The number of aromatic nitrogens is 1. The molecule has 0 aliphatic rings. The van der Waals surface area contributed by atoms with Crippen molar-refractivity contribution >= 4 is 11.6 Å². The molecule has 1 aromatic heterocycles. The zero-order chi connectivity index (χ0) is 19.4. The Bertz CT molecular complexity index is 994. The van der Waals surface area contributed by atoms with Gasteiger partial charge in [0.1, 0.15) is 0 Å². The van der Waals surface area contributed by atoms with Crippen molar-refractivity contribution in [3.8, 4) is 0 Å². The summed E-state index contributed by atoms with van der Waals surface area (Å²) in [5, 5.41) is 2.53. The van der Waals surface area contributed by atoms with Crippen molar-refractivity contribution in [1.82, 2.24) is 4.57 Å². The Kier molecular flexibility index (Phi) is 5.12. The summed E-state index contributed by atoms with van der Waals surface area (Å²) in [6.45, 7) is 0.307. The zero-order valence-electron chi connectivity index (χ0n) is 14.0. The molecule has 0 saturated heterocycles. The van der Waals surface area contributed by atoms with Gasteiger partial charge in [0.15, 0.2) is 0 Å². The summed E-state index contributed by atoms with van der Waals surface area (Å²) >= 11 is 0. The Labute approximate surface area is 152 Å². The number of rotatable bonds is 4. The average molecular weight is 372 g/mol. The van der Waals surface area contributed by atoms with Crippen LogP contribution in [0.25, 0.3) is 0 Å². The molecular weight excluding hydrogens is 357 g/mol. The highest BCUT2D eigenvalue weighted by Crippen LogP contribution is 2.29. The Morgan fingerprint density at radius 2 is 1.59 bits per heavy atom. The summed E-state index contributed by atoms with van der Waals surface area (Å²) < 4.78 is 39.2. The molecule has 138 valence electrons. The van der Waals surface area contributed by atoms with Crippen molar-refractivity contribution in [2.24, 2.45) is 0 Å². The van der Waals surface area contributed by atoms with Crippen molar-refractivity contribution in [2.75, 3.05) is 5.32 Å². The highest BCUT2D eigenvalue weighted by Gasteiger charge is 2.30. The van der Waals surface area contributed by atoms with Crippen molar-refractivity contribution in [2.45, 2.75) is 12.7 Å². The maximum atomic E-state index is 12.6. The first-order valence-electron chi connectivity index (χ1n) is 8.06. The smallest absolute Gasteiger partial charge is 0.322 e. The van der Waals surface area contributed by atoms with Crippen molar-refractivity contribution in [3.63, 3.8) is 0 Å². The van der Waals surface area contributed by atoms with Gasteiger partial charge < -0.3 is 9.88 Å². The number of pyridine rings is 1. The largest absolute Gasteiger partial charge is 0.416 e. The standard InChI is InChI=1S/C20H15F3N2O2/c21-20(22,23)16-7-9-17(10-8-16)24-19(27)15-6-11-18(26)25(13-15)12-14-4-2-1-3-5-14/h1-11,13H,12H2,(H,24,27). The lowest BCUT2D eigenvalue weighted by Gasteiger charge is -2.10. The van der Waals surface area contributed by atoms with Crippen LogP contribution in [0.4, 0.5) is 18.9 Å². The maximum absolute atomic E-state index is 12.6. The SMILES string of the molecule is O=C(Nc1ccc(C(F)(F)F)cc1)c1ccc(=O)n(Cc2ccccc2)c1. The third kappa shape index (κ3) is 4.63. The summed E-state index contributed by atoms with van der Waals surface area (Å²) in [6, 6.07) is 16.1. The second-order valence-corrected chi connectivity index (χ2v) is 5.90. The normalized spacial score (nSPS) is 11.2. The van der Waals surface area contributed by atoms with Crippen molar-refractivity contribution in [1.29, 1.82) is 0 Å². The molecule has 0 spiro atoms. The quantitative estimate of drug-likeness (QED) is 0.747. The van der Waals surface area contributed by atoms with Crippen LogP contribution in [0.15, 0.2) is 77.7 Å². The molecule has 0 aliphatic heterocycles. The van der Waals surface area contributed by atoms with Gasteiger partial charge in [-0.1, -0.05) is 30.3 Å². The van der Waals surface area contributed by atoms with Crippen molar-refractivity contribution < 1.29 is 18.0 Å². The fourth-order valence-electron chi connectivity index (χ4n) is 2.52. The molecule has 3 aromatic rings. The predicted molar refractivity (Wildman–Crippen MR) is 95.6 cm³/mol. The molecule has 27 heavy (non-hydrogen) atoms. The number of nitrogens with zero attached hydrogens (tertiary/aromatic N) is 1. The number of hydrogen-bond donors (Lipinski definition) is 1. The number of halogens is 3. The molecule has 2 aromatic carbocycles. The molecular formula is C20H15F3N2O2. The average Bonchev–Trinajstić information content (AvgIpc) is 2.64. The van der Waals surface area contributed by atoms with E-state index in [2.05, 4.69) is 5.32 Å². The molecule has 0 saturated carbocycles. The van der Waals surface area contributed by atoms with Gasteiger partial charge in [-0.15, -0.1) is 0 Å². The molecule has 0 radical (unpaired) electrons. The number of carbonyl (C=O) groups is 1. The van der Waals surface area contributed by atoms with Gasteiger partial charge in [-0.05, 0) is 35.9 Å². The molecule has 0 bridgehead atoms. The van der Waals surface area contributed by atoms with Crippen LogP contribution in [0, 0.1) is 0 Å². The minimum absolute atomic E-state index is 0.227. The minimum atomic E-state index is -4.44. The molecule has 0 aliphatic carbocycles. The van der Waals surface area contributed by atoms with Crippen LogP contribution in [0.2, 0.25) is 0 Å². The first-order valence-corrected chi connectivity index (χ1v) is 8.06. The van der Waals surface area contributed by atoms with E-state index in [1.807, 2.05) is 30.3 Å². The van der Waals surface area contributed by atoms with E-state index in [9.17, 15) is 22.8 Å². The molecule has 0 unspecified atom stereocenters. The second-order valence-electron chi connectivity index (χ2n) is 5.90. The fraction of sp³-hybridized carbons (Fsp3) is 0.100. The number of amides is 1. The third-order valence-electron chi connectivity index (χ3n) is 3.91. The van der Waals surface area contributed by atoms with Gasteiger partial charge >= 0.3 is 6.18 Å². The van der Waals surface area contributed by atoms with Crippen LogP contribution in [0.1, 0.15) is 21.5 Å². The van der Waals surface area contributed by atoms with E-state index in [-0.39, 0.29) is 16.8 Å². The highest BCUT2D eigenvalue weighted by atomic mass is 19.4. The van der Waals surface area contributed by atoms with Gasteiger partial charge in [0.2, 0.25) is 0 Å².